The molecule has 4 nitrogen and oxygen atoms in total. The summed E-state index contributed by atoms with van der Waals surface area (Å²) in [5.41, 5.74) is 4.09. The third-order valence-corrected chi connectivity index (χ3v) is 4.91. The molecular formula is C27H33FN4. The molecule has 0 spiro atoms. The first-order valence-corrected chi connectivity index (χ1v) is 11.0. The van der Waals surface area contributed by atoms with Crippen LogP contribution in [0.3, 0.4) is 0 Å². The summed E-state index contributed by atoms with van der Waals surface area (Å²) in [5.74, 6) is 0.512. The van der Waals surface area contributed by atoms with E-state index in [0.29, 0.717) is 6.54 Å². The average molecular weight is 433 g/mol. The van der Waals surface area contributed by atoms with Gasteiger partial charge in [-0.15, -0.1) is 0 Å². The summed E-state index contributed by atoms with van der Waals surface area (Å²) in [4.78, 5) is 13.1. The zero-order valence-corrected chi connectivity index (χ0v) is 19.7. The fraction of sp³-hybridized carbons (Fsp3) is 0.296. The van der Waals surface area contributed by atoms with E-state index in [0.717, 1.165) is 51.6 Å². The molecule has 0 saturated heterocycles. The number of nitrogens with one attached hydrogen (secondary N) is 1. The quantitative estimate of drug-likeness (QED) is 0.444. The van der Waals surface area contributed by atoms with Crippen molar-refractivity contribution in [1.29, 1.82) is 0 Å². The molecule has 5 heteroatoms. The number of hydrogen-bond acceptors (Lipinski definition) is 4. The molecule has 168 valence electrons. The molecule has 0 amide bonds. The number of aromatic nitrogens is 2. The van der Waals surface area contributed by atoms with Gasteiger partial charge in [0.05, 0.1) is 5.35 Å². The van der Waals surface area contributed by atoms with Crippen LogP contribution in [0.5, 0.6) is 0 Å². The van der Waals surface area contributed by atoms with Crippen molar-refractivity contribution in [3.05, 3.63) is 82.4 Å². The van der Waals surface area contributed by atoms with Crippen molar-refractivity contribution < 1.29 is 4.39 Å². The van der Waals surface area contributed by atoms with Gasteiger partial charge in [0.1, 0.15) is 18.0 Å². The van der Waals surface area contributed by atoms with Crippen molar-refractivity contribution >= 4 is 29.3 Å². The van der Waals surface area contributed by atoms with E-state index in [4.69, 9.17) is 0 Å². The molecule has 0 aliphatic carbocycles. The Bertz CT molecular complexity index is 1120. The summed E-state index contributed by atoms with van der Waals surface area (Å²) in [5, 5.41) is 5.23. The standard InChI is InChI=1S/C27H33FN4/c1-6-9-21(12-11-20(4)29-5)18-30-27-25(26(8-3)31-19-32-27)17-23(10-7-2)22-13-15-24(28)16-14-22/h8-17,19H,6-7,18H2,1-5H3,(H,30,31,32)/b12-11-,21-9-,23-10-,25-17+,26-8+,29-20-. The van der Waals surface area contributed by atoms with Crippen LogP contribution in [0.15, 0.2) is 65.5 Å². The van der Waals surface area contributed by atoms with Crippen molar-refractivity contribution in [2.75, 3.05) is 18.9 Å². The monoisotopic (exact) mass is 432 g/mol. The summed E-state index contributed by atoms with van der Waals surface area (Å²) in [7, 11) is 1.79. The van der Waals surface area contributed by atoms with Gasteiger partial charge in [0.2, 0.25) is 0 Å². The molecule has 1 aromatic heterocycles. The van der Waals surface area contributed by atoms with Crippen LogP contribution in [0.1, 0.15) is 46.1 Å². The smallest absolute Gasteiger partial charge is 0.137 e. The number of aliphatic imine (C=N–C) groups is 1. The van der Waals surface area contributed by atoms with Gasteiger partial charge in [-0.25, -0.2) is 14.4 Å². The molecule has 0 aliphatic heterocycles. The van der Waals surface area contributed by atoms with Crippen LogP contribution in [0.4, 0.5) is 10.2 Å². The SMILES string of the molecule is C/C=c1/ncnc(NCC(/C=C\C(C)=N/C)=C\CC)/c1=C/C(=C/CC)c1ccc(F)cc1. The lowest BCUT2D eigenvalue weighted by atomic mass is 10.0. The van der Waals surface area contributed by atoms with Crippen LogP contribution >= 0.6 is 0 Å². The predicted octanol–water partition coefficient (Wildman–Crippen LogP) is 5.09. The van der Waals surface area contributed by atoms with Gasteiger partial charge >= 0.3 is 0 Å². The van der Waals surface area contributed by atoms with Crippen LogP contribution in [-0.4, -0.2) is 29.3 Å². The highest BCUT2D eigenvalue weighted by atomic mass is 19.1. The first-order chi connectivity index (χ1) is 15.5. The Morgan fingerprint density at radius 3 is 2.41 bits per heavy atom. The normalized spacial score (nSPS) is 14.5. The maximum atomic E-state index is 13.4. The molecule has 1 heterocycles. The van der Waals surface area contributed by atoms with Crippen LogP contribution in [0, 0.1) is 5.82 Å². The number of anilines is 1. The number of allylic oxidation sites excluding steroid dienone is 4. The zero-order chi connectivity index (χ0) is 23.3. The predicted molar refractivity (Wildman–Crippen MR) is 136 cm³/mol. The highest BCUT2D eigenvalue weighted by Gasteiger charge is 2.04. The van der Waals surface area contributed by atoms with Crippen molar-refractivity contribution in [3.63, 3.8) is 0 Å². The number of benzene rings is 1. The van der Waals surface area contributed by atoms with Crippen LogP contribution < -0.4 is 15.9 Å². The lowest BCUT2D eigenvalue weighted by Crippen LogP contribution is -2.32. The second-order valence-electron chi connectivity index (χ2n) is 7.27. The van der Waals surface area contributed by atoms with E-state index < -0.39 is 0 Å². The van der Waals surface area contributed by atoms with E-state index in [-0.39, 0.29) is 5.82 Å². The van der Waals surface area contributed by atoms with Gasteiger partial charge in [0, 0.05) is 24.5 Å². The molecule has 2 rings (SSSR count). The number of nitrogens with zero attached hydrogens (tertiary/aromatic N) is 3. The van der Waals surface area contributed by atoms with Crippen molar-refractivity contribution in [2.45, 2.75) is 40.5 Å². The van der Waals surface area contributed by atoms with Gasteiger partial charge in [-0.2, -0.15) is 0 Å². The Balaban J connectivity index is 2.48. The van der Waals surface area contributed by atoms with Crippen molar-refractivity contribution in [2.24, 2.45) is 4.99 Å². The maximum absolute atomic E-state index is 13.4. The third kappa shape index (κ3) is 7.41. The van der Waals surface area contributed by atoms with E-state index in [1.54, 1.807) is 25.5 Å². The minimum absolute atomic E-state index is 0.246. The fourth-order valence-electron chi connectivity index (χ4n) is 3.15. The summed E-state index contributed by atoms with van der Waals surface area (Å²) in [6.45, 7) is 8.77. The first-order valence-electron chi connectivity index (χ1n) is 11.0. The molecule has 0 atom stereocenters. The Morgan fingerprint density at radius 2 is 1.78 bits per heavy atom. The van der Waals surface area contributed by atoms with Crippen molar-refractivity contribution in [1.82, 2.24) is 9.97 Å². The number of hydrogen-bond donors (Lipinski definition) is 1. The lowest BCUT2D eigenvalue weighted by molar-refractivity contribution is 0.627. The average Bonchev–Trinajstić information content (AvgIpc) is 2.81. The van der Waals surface area contributed by atoms with Gasteiger partial charge in [0.25, 0.3) is 0 Å². The van der Waals surface area contributed by atoms with E-state index in [1.807, 2.05) is 26.0 Å². The largest absolute Gasteiger partial charge is 0.365 e. The Kier molecular flexibility index (Phi) is 10.2. The maximum Gasteiger partial charge on any atom is 0.137 e. The molecule has 32 heavy (non-hydrogen) atoms. The van der Waals surface area contributed by atoms with E-state index >= 15 is 0 Å². The number of halogens is 1. The molecule has 1 aromatic carbocycles. The topological polar surface area (TPSA) is 50.2 Å². The Morgan fingerprint density at radius 1 is 1.06 bits per heavy atom. The summed E-state index contributed by atoms with van der Waals surface area (Å²) < 4.78 is 13.4. The van der Waals surface area contributed by atoms with E-state index in [2.05, 4.69) is 58.4 Å². The minimum Gasteiger partial charge on any atom is -0.365 e. The van der Waals surface area contributed by atoms with Crippen LogP contribution in [0.25, 0.3) is 17.7 Å². The second kappa shape index (κ2) is 13.2. The molecule has 1 N–H and O–H groups in total. The third-order valence-electron chi connectivity index (χ3n) is 4.91. The van der Waals surface area contributed by atoms with Gasteiger partial charge in [0.15, 0.2) is 0 Å². The molecular weight excluding hydrogens is 399 g/mol. The molecule has 0 radical (unpaired) electrons. The summed E-state index contributed by atoms with van der Waals surface area (Å²) in [6, 6.07) is 6.56. The molecule has 2 aromatic rings. The fourth-order valence-corrected chi connectivity index (χ4v) is 3.15. The van der Waals surface area contributed by atoms with E-state index in [9.17, 15) is 4.39 Å². The van der Waals surface area contributed by atoms with Gasteiger partial charge in [-0.05, 0) is 67.7 Å². The molecule has 0 bridgehead atoms. The highest BCUT2D eigenvalue weighted by Crippen LogP contribution is 2.17. The second-order valence-corrected chi connectivity index (χ2v) is 7.27. The molecule has 0 saturated carbocycles. The zero-order valence-electron chi connectivity index (χ0n) is 19.7. The van der Waals surface area contributed by atoms with Gasteiger partial charge in [-0.1, -0.05) is 50.3 Å². The Hall–Kier alpha value is -3.34. The molecule has 0 fully saturated rings. The van der Waals surface area contributed by atoms with E-state index in [1.165, 1.54) is 12.1 Å². The first kappa shape index (κ1) is 24.9. The highest BCUT2D eigenvalue weighted by molar-refractivity contribution is 5.93. The summed E-state index contributed by atoms with van der Waals surface area (Å²) >= 11 is 0. The Labute approximate surface area is 190 Å². The summed E-state index contributed by atoms with van der Waals surface area (Å²) in [6.07, 6.45) is 15.8. The molecule has 0 aliphatic rings. The van der Waals surface area contributed by atoms with Gasteiger partial charge in [-0.3, -0.25) is 4.99 Å². The van der Waals surface area contributed by atoms with Crippen LogP contribution in [-0.2, 0) is 0 Å². The van der Waals surface area contributed by atoms with Gasteiger partial charge < -0.3 is 5.32 Å². The number of rotatable bonds is 9. The molecule has 0 unspecified atom stereocenters. The lowest BCUT2D eigenvalue weighted by Gasteiger charge is -2.09. The van der Waals surface area contributed by atoms with Crippen LogP contribution in [0.2, 0.25) is 0 Å². The minimum atomic E-state index is -0.246. The van der Waals surface area contributed by atoms with Crippen molar-refractivity contribution in [3.8, 4) is 0 Å².